The topological polar surface area (TPSA) is 102 Å². The van der Waals surface area contributed by atoms with E-state index in [1.54, 1.807) is 0 Å². The molecule has 3 N–H and O–H groups in total. The number of nitrogens with one attached hydrogen (secondary N) is 2. The van der Waals surface area contributed by atoms with Crippen LogP contribution in [0.2, 0.25) is 0 Å². The van der Waals surface area contributed by atoms with Crippen LogP contribution in [0.3, 0.4) is 0 Å². The van der Waals surface area contributed by atoms with Gasteiger partial charge < -0.3 is 16.6 Å². The molecule has 0 aromatic heterocycles. The fourth-order valence-electron chi connectivity index (χ4n) is 0. The van der Waals surface area contributed by atoms with E-state index in [0.29, 0.717) is 0 Å². The van der Waals surface area contributed by atoms with Gasteiger partial charge in [-0.3, -0.25) is 4.79 Å². The van der Waals surface area contributed by atoms with Gasteiger partial charge in [0, 0.05) is 0 Å². The van der Waals surface area contributed by atoms with Gasteiger partial charge in [-0.1, -0.05) is 0 Å². The van der Waals surface area contributed by atoms with E-state index in [2.05, 4.69) is 0 Å². The largest absolute Gasteiger partial charge is 2.00 e. The van der Waals surface area contributed by atoms with E-state index in [4.69, 9.17) is 26.2 Å². The van der Waals surface area contributed by atoms with E-state index >= 15 is 0 Å². The van der Waals surface area contributed by atoms with Crippen LogP contribution in [0.15, 0.2) is 0 Å². The molecule has 0 aliphatic carbocycles. The van der Waals surface area contributed by atoms with Crippen molar-refractivity contribution in [3.8, 4) is 0 Å². The third-order valence-corrected chi connectivity index (χ3v) is 0.226. The normalized spacial score (nSPS) is 6.20. The summed E-state index contributed by atoms with van der Waals surface area (Å²) in [6.07, 6.45) is -0.167. The summed E-state index contributed by atoms with van der Waals surface area (Å²) < 4.78 is 0. The van der Waals surface area contributed by atoms with Crippen LogP contribution in [-0.4, -0.2) is 30.5 Å². The predicted octanol–water partition coefficient (Wildman–Crippen LogP) is 0.358. The second-order valence-corrected chi connectivity index (χ2v) is 0.956. The molecule has 0 heterocycles. The number of hydrogen-bond donors (Lipinski definition) is 1. The van der Waals surface area contributed by atoms with E-state index in [-0.39, 0.29) is 36.4 Å². The molecule has 0 aliphatic heterocycles. The maximum atomic E-state index is 9.00. The van der Waals surface area contributed by atoms with Gasteiger partial charge in [-0.15, -0.1) is 0 Å². The fourth-order valence-corrected chi connectivity index (χ4v) is 0. The Kier molecular flexibility index (Phi) is 25.8. The van der Waals surface area contributed by atoms with E-state index in [0.717, 1.165) is 0 Å². The molecule has 0 atom stereocenters. The Hall–Kier alpha value is -0.421. The average molecular weight is 188 g/mol. The zero-order valence-corrected chi connectivity index (χ0v) is 6.21. The Bertz CT molecular complexity index is 86.6. The van der Waals surface area contributed by atoms with Gasteiger partial charge in [0.05, 0.1) is 0 Å². The summed E-state index contributed by atoms with van der Waals surface area (Å²) in [5.74, 6) is -1.43. The minimum absolute atomic E-state index is 0. The summed E-state index contributed by atoms with van der Waals surface area (Å²) in [6.45, 7) is 0.472. The molecule has 0 radical (unpaired) electrons. The van der Waals surface area contributed by atoms with Crippen molar-refractivity contribution in [3.63, 3.8) is 0 Å². The first-order valence-corrected chi connectivity index (χ1v) is 2.16. The monoisotopic (exact) mass is 188 g/mol. The first-order chi connectivity index (χ1) is 4.18. The van der Waals surface area contributed by atoms with Gasteiger partial charge in [-0.25, -0.2) is 4.79 Å². The van der Waals surface area contributed by atoms with Crippen molar-refractivity contribution in [2.45, 2.75) is 0 Å². The molecule has 0 unspecified atom stereocenters. The number of rotatable bonds is 2. The van der Waals surface area contributed by atoms with Crippen LogP contribution >= 0.6 is 0 Å². The summed E-state index contributed by atoms with van der Waals surface area (Å²) in [5, 5.41) is 7.35. The van der Waals surface area contributed by atoms with Crippen LogP contribution in [0, 0.1) is 0 Å². The molecule has 60 valence electrons. The summed E-state index contributed by atoms with van der Waals surface area (Å²) in [7, 11) is 0. The van der Waals surface area contributed by atoms with Crippen LogP contribution in [-0.2, 0) is 26.7 Å². The minimum Gasteiger partial charge on any atom is -0.679 e. The maximum absolute atomic E-state index is 9.00. The fraction of sp³-hybridized carbons (Fsp3) is 0.500. The third-order valence-electron chi connectivity index (χ3n) is 0.226. The van der Waals surface area contributed by atoms with Crippen LogP contribution < -0.4 is 0 Å². The number of aliphatic carboxylic acids is 1. The molecule has 0 fully saturated rings. The van der Waals surface area contributed by atoms with Crippen molar-refractivity contribution in [2.24, 2.45) is 0 Å². The third kappa shape index (κ3) is 49.3. The summed E-state index contributed by atoms with van der Waals surface area (Å²) in [4.78, 5) is 17.9. The molecule has 0 aliphatic rings. The smallest absolute Gasteiger partial charge is 0.679 e. The van der Waals surface area contributed by atoms with Crippen LogP contribution in [0.1, 0.15) is 0 Å². The Morgan fingerprint density at radius 1 is 1.40 bits per heavy atom. The number of carbonyl (C=O) groups is 2. The molecule has 0 aromatic carbocycles. The van der Waals surface area contributed by atoms with Gasteiger partial charge in [-0.05, 0) is 0 Å². The molecule has 10 heavy (non-hydrogen) atoms. The Morgan fingerprint density at radius 2 is 1.60 bits per heavy atom. The number of aldehydes is 1. The zero-order chi connectivity index (χ0) is 7.70. The summed E-state index contributed by atoms with van der Waals surface area (Å²) in [5.41, 5.74) is 12.5. The van der Waals surface area contributed by atoms with Crippen molar-refractivity contribution in [1.29, 1.82) is 0 Å². The quantitative estimate of drug-likeness (QED) is 0.384. The van der Waals surface area contributed by atoms with Crippen molar-refractivity contribution in [3.05, 3.63) is 11.5 Å². The molecular weight excluding hydrogens is 180 g/mol. The molecule has 0 rings (SSSR count). The molecule has 6 heteroatoms. The van der Waals surface area contributed by atoms with E-state index in [9.17, 15) is 0 Å². The van der Waals surface area contributed by atoms with Gasteiger partial charge in [0.25, 0.3) is 0 Å². The van der Waals surface area contributed by atoms with Gasteiger partial charge >= 0.3 is 23.0 Å². The SMILES string of the molecule is O=CC(=O)O.[Fe+2].[NH-]CC[NH-]. The predicted molar refractivity (Wildman–Crippen MR) is 32.1 cm³/mol. The molecular formula is C4H8FeN2O3. The van der Waals surface area contributed by atoms with Gasteiger partial charge in [0.2, 0.25) is 6.29 Å². The Morgan fingerprint density at radius 3 is 1.60 bits per heavy atom. The van der Waals surface area contributed by atoms with Gasteiger partial charge in [0.15, 0.2) is 0 Å². The molecule has 0 aromatic rings. The first kappa shape index (κ1) is 16.3. The standard InChI is InChI=1S/C2H6N2.C2H2O3.Fe/c3-1-2-4;3-1-2(4)5;/h3-4H,1-2H2;1H,(H,4,5);/q-2;;+2. The second kappa shape index (κ2) is 15.8. The second-order valence-electron chi connectivity index (χ2n) is 0.956. The van der Waals surface area contributed by atoms with Gasteiger partial charge in [0.1, 0.15) is 0 Å². The van der Waals surface area contributed by atoms with Crippen LogP contribution in [0.4, 0.5) is 0 Å². The average Bonchev–Trinajstić information content (AvgIpc) is 1.89. The number of carbonyl (C=O) groups excluding carboxylic acids is 1. The zero-order valence-electron chi connectivity index (χ0n) is 5.11. The van der Waals surface area contributed by atoms with Crippen molar-refractivity contribution in [2.75, 3.05) is 13.1 Å². The first-order valence-electron chi connectivity index (χ1n) is 2.16. The van der Waals surface area contributed by atoms with Crippen LogP contribution in [0.5, 0.6) is 0 Å². The van der Waals surface area contributed by atoms with E-state index in [1.807, 2.05) is 0 Å². The van der Waals surface area contributed by atoms with E-state index < -0.39 is 5.97 Å². The maximum Gasteiger partial charge on any atom is 2.00 e. The minimum atomic E-state index is -1.43. The number of hydrogen-bond acceptors (Lipinski definition) is 2. The summed E-state index contributed by atoms with van der Waals surface area (Å²) in [6, 6.07) is 0. The molecule has 0 spiro atoms. The van der Waals surface area contributed by atoms with Crippen molar-refractivity contribution >= 4 is 12.3 Å². The number of carboxylic acid groups (broad SMARTS) is 1. The molecule has 0 saturated heterocycles. The molecule has 5 nitrogen and oxygen atoms in total. The van der Waals surface area contributed by atoms with Gasteiger partial charge in [-0.2, -0.15) is 13.1 Å². The number of carboxylic acids is 1. The van der Waals surface area contributed by atoms with Crippen molar-refractivity contribution < 1.29 is 31.8 Å². The van der Waals surface area contributed by atoms with Crippen LogP contribution in [0.25, 0.3) is 11.5 Å². The molecule has 0 amide bonds. The Balaban J connectivity index is -0.0000000910. The molecule has 0 saturated carbocycles. The Labute approximate surface area is 69.2 Å². The van der Waals surface area contributed by atoms with E-state index in [1.165, 1.54) is 0 Å². The summed E-state index contributed by atoms with van der Waals surface area (Å²) >= 11 is 0. The van der Waals surface area contributed by atoms with Crippen molar-refractivity contribution in [1.82, 2.24) is 0 Å². The molecule has 0 bridgehead atoms.